The fourth-order valence-corrected chi connectivity index (χ4v) is 4.40. The molecule has 0 bridgehead atoms. The second-order valence-electron chi connectivity index (χ2n) is 8.82. The van der Waals surface area contributed by atoms with Crippen molar-refractivity contribution in [2.24, 2.45) is 11.8 Å². The SMILES string of the molecule is Cc1ccc(-n2ncc(C(=O)NCCCCN3CC(C)CC(C)C3)c2C(F)(F)F)cc1. The van der Waals surface area contributed by atoms with Crippen molar-refractivity contribution in [3.05, 3.63) is 47.3 Å². The minimum absolute atomic E-state index is 0.266. The van der Waals surface area contributed by atoms with Crippen molar-refractivity contribution >= 4 is 5.91 Å². The van der Waals surface area contributed by atoms with E-state index >= 15 is 0 Å². The van der Waals surface area contributed by atoms with Gasteiger partial charge in [-0.15, -0.1) is 0 Å². The zero-order valence-electron chi connectivity index (χ0n) is 18.4. The van der Waals surface area contributed by atoms with E-state index in [9.17, 15) is 18.0 Å². The molecule has 0 saturated carbocycles. The molecule has 0 radical (unpaired) electrons. The van der Waals surface area contributed by atoms with Crippen LogP contribution < -0.4 is 5.32 Å². The largest absolute Gasteiger partial charge is 0.434 e. The van der Waals surface area contributed by atoms with Gasteiger partial charge in [0.1, 0.15) is 0 Å². The first-order valence-corrected chi connectivity index (χ1v) is 10.9. The average Bonchev–Trinajstić information content (AvgIpc) is 3.13. The molecule has 3 rings (SSSR count). The van der Waals surface area contributed by atoms with Gasteiger partial charge < -0.3 is 10.2 Å². The van der Waals surface area contributed by atoms with Crippen molar-refractivity contribution in [2.75, 3.05) is 26.2 Å². The molecule has 0 aliphatic carbocycles. The number of rotatable bonds is 7. The monoisotopic (exact) mass is 436 g/mol. The molecule has 1 aromatic carbocycles. The number of aryl methyl sites for hydroxylation is 1. The van der Waals surface area contributed by atoms with Gasteiger partial charge in [-0.05, 0) is 56.7 Å². The van der Waals surface area contributed by atoms with Crippen LogP contribution in [-0.4, -0.2) is 46.8 Å². The Morgan fingerprint density at radius 3 is 2.39 bits per heavy atom. The normalized spacial score (nSPS) is 20.1. The number of benzene rings is 1. The van der Waals surface area contributed by atoms with E-state index in [4.69, 9.17) is 0 Å². The minimum Gasteiger partial charge on any atom is -0.352 e. The van der Waals surface area contributed by atoms with Gasteiger partial charge in [-0.3, -0.25) is 4.79 Å². The Labute approximate surface area is 181 Å². The van der Waals surface area contributed by atoms with Crippen LogP contribution in [0, 0.1) is 18.8 Å². The van der Waals surface area contributed by atoms with Gasteiger partial charge in [0, 0.05) is 19.6 Å². The molecule has 1 amide bonds. The molecule has 1 fully saturated rings. The molecule has 5 nitrogen and oxygen atoms in total. The third-order valence-electron chi connectivity index (χ3n) is 5.69. The Morgan fingerprint density at radius 1 is 1.13 bits per heavy atom. The summed E-state index contributed by atoms with van der Waals surface area (Å²) in [6.45, 7) is 9.83. The van der Waals surface area contributed by atoms with Crippen LogP contribution in [0.15, 0.2) is 30.5 Å². The Balaban J connectivity index is 1.58. The highest BCUT2D eigenvalue weighted by Crippen LogP contribution is 2.33. The van der Waals surface area contributed by atoms with Crippen LogP contribution in [0.1, 0.15) is 54.7 Å². The zero-order valence-corrected chi connectivity index (χ0v) is 18.4. The summed E-state index contributed by atoms with van der Waals surface area (Å²) in [6.07, 6.45) is -0.832. The van der Waals surface area contributed by atoms with Gasteiger partial charge in [0.05, 0.1) is 17.4 Å². The number of alkyl halides is 3. The van der Waals surface area contributed by atoms with Gasteiger partial charge >= 0.3 is 6.18 Å². The molecule has 1 aliphatic heterocycles. The molecule has 1 aromatic heterocycles. The van der Waals surface area contributed by atoms with Crippen LogP contribution in [0.5, 0.6) is 0 Å². The van der Waals surface area contributed by atoms with Crippen molar-refractivity contribution in [3.63, 3.8) is 0 Å². The summed E-state index contributed by atoms with van der Waals surface area (Å²) in [4.78, 5) is 14.9. The zero-order chi connectivity index (χ0) is 22.6. The predicted octanol–water partition coefficient (Wildman–Crippen LogP) is 4.69. The molecule has 0 spiro atoms. The smallest absolute Gasteiger partial charge is 0.352 e. The molecular weight excluding hydrogens is 405 g/mol. The second-order valence-corrected chi connectivity index (χ2v) is 8.82. The molecule has 2 aromatic rings. The number of likely N-dealkylation sites (tertiary alicyclic amines) is 1. The predicted molar refractivity (Wildman–Crippen MR) is 114 cm³/mol. The fourth-order valence-electron chi connectivity index (χ4n) is 4.40. The number of amides is 1. The Kier molecular flexibility index (Phi) is 7.41. The molecule has 2 unspecified atom stereocenters. The lowest BCUT2D eigenvalue weighted by atomic mass is 9.92. The maximum Gasteiger partial charge on any atom is 0.434 e. The van der Waals surface area contributed by atoms with Gasteiger partial charge in [-0.1, -0.05) is 31.5 Å². The lowest BCUT2D eigenvalue weighted by molar-refractivity contribution is -0.143. The van der Waals surface area contributed by atoms with E-state index in [1.807, 2.05) is 6.92 Å². The van der Waals surface area contributed by atoms with Gasteiger partial charge in [0.25, 0.3) is 5.91 Å². The third-order valence-corrected chi connectivity index (χ3v) is 5.69. The number of aromatic nitrogens is 2. The Hall–Kier alpha value is -2.35. The first-order chi connectivity index (χ1) is 14.6. The van der Waals surface area contributed by atoms with Crippen LogP contribution in [0.3, 0.4) is 0 Å². The number of carbonyl (C=O) groups excluding carboxylic acids is 1. The van der Waals surface area contributed by atoms with Crippen LogP contribution in [0.2, 0.25) is 0 Å². The van der Waals surface area contributed by atoms with Gasteiger partial charge in [-0.2, -0.15) is 18.3 Å². The summed E-state index contributed by atoms with van der Waals surface area (Å²) in [5.41, 5.74) is -0.310. The van der Waals surface area contributed by atoms with Crippen molar-refractivity contribution in [1.29, 1.82) is 0 Å². The molecule has 31 heavy (non-hydrogen) atoms. The highest BCUT2D eigenvalue weighted by molar-refractivity contribution is 5.95. The topological polar surface area (TPSA) is 50.2 Å². The lowest BCUT2D eigenvalue weighted by Crippen LogP contribution is -2.39. The number of piperidine rings is 1. The van der Waals surface area contributed by atoms with E-state index in [-0.39, 0.29) is 5.69 Å². The van der Waals surface area contributed by atoms with E-state index in [0.29, 0.717) is 18.4 Å². The molecule has 1 saturated heterocycles. The summed E-state index contributed by atoms with van der Waals surface area (Å²) in [6, 6.07) is 6.53. The van der Waals surface area contributed by atoms with Crippen LogP contribution >= 0.6 is 0 Å². The van der Waals surface area contributed by atoms with Crippen molar-refractivity contribution < 1.29 is 18.0 Å². The van der Waals surface area contributed by atoms with Crippen LogP contribution in [0.25, 0.3) is 5.69 Å². The third kappa shape index (κ3) is 6.09. The first-order valence-electron chi connectivity index (χ1n) is 10.9. The summed E-state index contributed by atoms with van der Waals surface area (Å²) >= 11 is 0. The lowest BCUT2D eigenvalue weighted by Gasteiger charge is -2.34. The van der Waals surface area contributed by atoms with E-state index in [0.717, 1.165) is 48.9 Å². The van der Waals surface area contributed by atoms with Gasteiger partial charge in [-0.25, -0.2) is 4.68 Å². The number of nitrogens with one attached hydrogen (secondary N) is 1. The number of halogens is 3. The molecule has 8 heteroatoms. The van der Waals surface area contributed by atoms with Gasteiger partial charge in [0.15, 0.2) is 5.69 Å². The molecular formula is C23H31F3N4O. The van der Waals surface area contributed by atoms with Crippen molar-refractivity contribution in [1.82, 2.24) is 20.0 Å². The minimum atomic E-state index is -4.70. The van der Waals surface area contributed by atoms with E-state index < -0.39 is 23.3 Å². The molecule has 2 atom stereocenters. The highest BCUT2D eigenvalue weighted by atomic mass is 19.4. The molecule has 1 N–H and O–H groups in total. The van der Waals surface area contributed by atoms with Crippen LogP contribution in [0.4, 0.5) is 13.2 Å². The maximum atomic E-state index is 13.7. The fraction of sp³-hybridized carbons (Fsp3) is 0.565. The number of hydrogen-bond donors (Lipinski definition) is 1. The highest BCUT2D eigenvalue weighted by Gasteiger charge is 2.40. The standard InChI is InChI=1S/C23H31F3N4O/c1-16-6-8-19(9-7-16)30-21(23(24,25)26)20(13-28-30)22(31)27-10-4-5-11-29-14-17(2)12-18(3)15-29/h6-9,13,17-18H,4-5,10-12,14-15H2,1-3H3,(H,27,31). The summed E-state index contributed by atoms with van der Waals surface area (Å²) in [5.74, 6) is 0.634. The summed E-state index contributed by atoms with van der Waals surface area (Å²) in [5, 5.41) is 6.48. The molecule has 1 aliphatic rings. The van der Waals surface area contributed by atoms with E-state index in [1.54, 1.807) is 24.3 Å². The number of nitrogens with zero attached hydrogens (tertiary/aromatic N) is 3. The Morgan fingerprint density at radius 2 is 1.77 bits per heavy atom. The second kappa shape index (κ2) is 9.85. The first kappa shape index (κ1) is 23.3. The van der Waals surface area contributed by atoms with Crippen molar-refractivity contribution in [2.45, 2.75) is 46.2 Å². The number of unbranched alkanes of at least 4 members (excludes halogenated alkanes) is 1. The average molecular weight is 437 g/mol. The Bertz CT molecular complexity index is 866. The number of hydrogen-bond acceptors (Lipinski definition) is 3. The van der Waals surface area contributed by atoms with Gasteiger partial charge in [0.2, 0.25) is 0 Å². The maximum absolute atomic E-state index is 13.7. The van der Waals surface area contributed by atoms with Crippen LogP contribution in [-0.2, 0) is 6.18 Å². The molecule has 170 valence electrons. The molecule has 2 heterocycles. The van der Waals surface area contributed by atoms with Crippen molar-refractivity contribution in [3.8, 4) is 5.69 Å². The summed E-state index contributed by atoms with van der Waals surface area (Å²) in [7, 11) is 0. The summed E-state index contributed by atoms with van der Waals surface area (Å²) < 4.78 is 42.0. The van der Waals surface area contributed by atoms with E-state index in [2.05, 4.69) is 29.2 Å². The van der Waals surface area contributed by atoms with E-state index in [1.165, 1.54) is 6.42 Å². The number of carbonyl (C=O) groups is 1. The quantitative estimate of drug-likeness (QED) is 0.641.